The van der Waals surface area contributed by atoms with Gasteiger partial charge in [-0.15, -0.1) is 0 Å². The highest BCUT2D eigenvalue weighted by Crippen LogP contribution is 2.33. The highest BCUT2D eigenvalue weighted by atomic mass is 16.7. The summed E-state index contributed by atoms with van der Waals surface area (Å²) in [5, 5.41) is 39.1. The number of nitrogens with zero attached hydrogens (tertiary/aromatic N) is 3. The van der Waals surface area contributed by atoms with Crippen LogP contribution in [0.5, 0.6) is 5.75 Å². The molecule has 3 heterocycles. The van der Waals surface area contributed by atoms with Crippen molar-refractivity contribution in [3.8, 4) is 5.75 Å². The lowest BCUT2D eigenvalue weighted by atomic mass is 9.82. The predicted molar refractivity (Wildman–Crippen MR) is 202 cm³/mol. The average molecular weight is 756 g/mol. The van der Waals surface area contributed by atoms with Crippen molar-refractivity contribution in [2.45, 2.75) is 108 Å². The van der Waals surface area contributed by atoms with Gasteiger partial charge >= 0.3 is 5.97 Å². The second kappa shape index (κ2) is 21.4. The number of allylic oxidation sites excluding steroid dienone is 3. The number of ether oxygens (including phenoxy) is 5. The first-order valence-electron chi connectivity index (χ1n) is 18.6. The Morgan fingerprint density at radius 3 is 2.59 bits per heavy atom. The van der Waals surface area contributed by atoms with E-state index in [2.05, 4.69) is 10.1 Å². The van der Waals surface area contributed by atoms with Crippen LogP contribution in [0.25, 0.3) is 10.9 Å². The van der Waals surface area contributed by atoms with E-state index in [1.54, 1.807) is 39.0 Å². The topological polar surface area (TPSA) is 179 Å². The number of aliphatic hydroxyl groups is 3. The van der Waals surface area contributed by atoms with Crippen molar-refractivity contribution in [3.05, 3.63) is 60.8 Å². The number of hydrogen-bond donors (Lipinski definition) is 3. The molecule has 2 aliphatic heterocycles. The van der Waals surface area contributed by atoms with E-state index in [0.717, 1.165) is 22.9 Å². The van der Waals surface area contributed by atoms with Crippen molar-refractivity contribution in [2.24, 2.45) is 17.0 Å². The second-order valence-corrected chi connectivity index (χ2v) is 14.2. The summed E-state index contributed by atoms with van der Waals surface area (Å²) >= 11 is 0. The van der Waals surface area contributed by atoms with Crippen molar-refractivity contribution in [3.63, 3.8) is 0 Å². The number of cyclic esters (lactones) is 1. The molecule has 0 bridgehead atoms. The van der Waals surface area contributed by atoms with Crippen LogP contribution < -0.4 is 4.74 Å². The molecule has 1 aromatic carbocycles. The summed E-state index contributed by atoms with van der Waals surface area (Å²) in [6.07, 6.45) is 2.38. The van der Waals surface area contributed by atoms with E-state index >= 15 is 0 Å². The largest absolute Gasteiger partial charge is 0.493 e. The Morgan fingerprint density at radius 1 is 1.06 bits per heavy atom. The molecule has 2 aliphatic rings. The Morgan fingerprint density at radius 2 is 1.85 bits per heavy atom. The number of oxime groups is 1. The summed E-state index contributed by atoms with van der Waals surface area (Å²) in [6, 6.07) is 8.86. The second-order valence-electron chi connectivity index (χ2n) is 14.2. The Hall–Kier alpha value is -3.76. The Kier molecular flexibility index (Phi) is 17.0. The van der Waals surface area contributed by atoms with Crippen molar-refractivity contribution in [2.75, 3.05) is 34.4 Å². The van der Waals surface area contributed by atoms with Gasteiger partial charge in [0.2, 0.25) is 0 Å². The third-order valence-electron chi connectivity index (χ3n) is 9.78. The van der Waals surface area contributed by atoms with E-state index in [-0.39, 0.29) is 18.9 Å². The van der Waals surface area contributed by atoms with E-state index in [1.165, 1.54) is 7.11 Å². The van der Waals surface area contributed by atoms with Crippen LogP contribution in [0.3, 0.4) is 0 Å². The molecule has 2 aromatic rings. The van der Waals surface area contributed by atoms with Gasteiger partial charge in [0.1, 0.15) is 37.0 Å². The number of carbonyl (C=O) groups is 2. The van der Waals surface area contributed by atoms with E-state index in [9.17, 15) is 24.9 Å². The maximum Gasteiger partial charge on any atom is 0.308 e. The third-order valence-corrected chi connectivity index (χ3v) is 9.78. The molecular formula is C40H57N3O11. The molecule has 14 heteroatoms. The minimum absolute atomic E-state index is 0.0128. The average Bonchev–Trinajstić information content (AvgIpc) is 3.13. The SMILES string of the molecule is CO[C@@H]1[C@@H](O[C@H]2O[C@@H](C)[C@H](O)[C@@H](N(C)C)[C@@H]2O)[C@@H](CC=O)C[C@@H](C)C(=N/OCCCOc2ccc3ncccc3c2)/C=C/C=C/C[C@@H](C)OC(=O)C[C@H]1O. The number of aldehydes is 1. The molecule has 0 radical (unpaired) electrons. The normalized spacial score (nSPS) is 33.6. The van der Waals surface area contributed by atoms with Gasteiger partial charge in [0.05, 0.1) is 54.7 Å². The van der Waals surface area contributed by atoms with Gasteiger partial charge in [-0.1, -0.05) is 36.4 Å². The van der Waals surface area contributed by atoms with Crippen LogP contribution in [-0.2, 0) is 33.4 Å². The van der Waals surface area contributed by atoms with Crippen LogP contribution in [0.2, 0.25) is 0 Å². The molecule has 1 aromatic heterocycles. The molecule has 3 N–H and O–H groups in total. The summed E-state index contributed by atoms with van der Waals surface area (Å²) in [5.41, 5.74) is 1.49. The summed E-state index contributed by atoms with van der Waals surface area (Å²) in [7, 11) is 4.83. The molecule has 0 aliphatic carbocycles. The lowest BCUT2D eigenvalue weighted by Gasteiger charge is -2.46. The number of aliphatic hydroxyl groups excluding tert-OH is 3. The summed E-state index contributed by atoms with van der Waals surface area (Å²) in [4.78, 5) is 36.9. The van der Waals surface area contributed by atoms with Crippen LogP contribution in [0.15, 0.2) is 66.0 Å². The zero-order chi connectivity index (χ0) is 39.2. The lowest BCUT2D eigenvalue weighted by molar-refractivity contribution is -0.309. The fraction of sp³-hybridized carbons (Fsp3) is 0.600. The van der Waals surface area contributed by atoms with E-state index < -0.39 is 73.4 Å². The predicted octanol–water partition coefficient (Wildman–Crippen LogP) is 3.60. The summed E-state index contributed by atoms with van der Waals surface area (Å²) < 4.78 is 29.7. The van der Waals surface area contributed by atoms with Gasteiger partial charge in [-0.05, 0) is 70.6 Å². The molecule has 1 fully saturated rings. The minimum atomic E-state index is -1.40. The van der Waals surface area contributed by atoms with Crippen LogP contribution >= 0.6 is 0 Å². The molecule has 4 rings (SSSR count). The standard InChI is InChI=1S/C40H57N3O11/c1-25-22-29(17-19-44)38(54-40-37(48)35(43(4)5)36(47)27(3)53-40)39(49-6)33(45)24-34(46)52-26(2)12-8-7-9-14-31(25)42-51-21-11-20-50-30-15-16-32-28(23-30)13-10-18-41-32/h7-10,13-16,18-19,23,25-27,29,33,35-40,45,47-48H,11-12,17,20-22,24H2,1-6H3/b8-7+,14-9+,42-31+/t25-,26-,27+,29+,33-,35-,36+,37+,38+,39+,40-/m1/s1. The summed E-state index contributed by atoms with van der Waals surface area (Å²) in [5.74, 6) is -0.808. The zero-order valence-corrected chi connectivity index (χ0v) is 32.1. The van der Waals surface area contributed by atoms with Gasteiger partial charge in [-0.3, -0.25) is 9.78 Å². The first kappa shape index (κ1) is 43.0. The first-order valence-corrected chi connectivity index (χ1v) is 18.6. The number of aromatic nitrogens is 1. The summed E-state index contributed by atoms with van der Waals surface area (Å²) in [6.45, 7) is 6.06. The third kappa shape index (κ3) is 12.1. The van der Waals surface area contributed by atoms with Gasteiger partial charge in [0.15, 0.2) is 6.29 Å². The molecule has 0 saturated carbocycles. The number of likely N-dealkylation sites (N-methyl/N-ethyl adjacent to an activating group) is 1. The van der Waals surface area contributed by atoms with Crippen LogP contribution in [0, 0.1) is 11.8 Å². The van der Waals surface area contributed by atoms with Crippen LogP contribution in [0.1, 0.15) is 52.9 Å². The number of benzene rings is 1. The molecular weight excluding hydrogens is 698 g/mol. The quantitative estimate of drug-likeness (QED) is 0.124. The molecule has 0 spiro atoms. The molecule has 54 heavy (non-hydrogen) atoms. The maximum atomic E-state index is 12.9. The van der Waals surface area contributed by atoms with Crippen LogP contribution in [-0.4, -0.2) is 133 Å². The van der Waals surface area contributed by atoms with E-state index in [0.29, 0.717) is 31.6 Å². The molecule has 14 nitrogen and oxygen atoms in total. The van der Waals surface area contributed by atoms with E-state index in [1.807, 2.05) is 61.6 Å². The molecule has 11 atom stereocenters. The molecule has 0 unspecified atom stereocenters. The number of hydrogen-bond acceptors (Lipinski definition) is 14. The number of fused-ring (bicyclic) bond motifs is 1. The first-order chi connectivity index (χ1) is 25.9. The highest BCUT2D eigenvalue weighted by molar-refractivity contribution is 5.96. The fourth-order valence-electron chi connectivity index (χ4n) is 6.89. The van der Waals surface area contributed by atoms with Crippen LogP contribution in [0.4, 0.5) is 0 Å². The Labute approximate surface area is 317 Å². The van der Waals surface area contributed by atoms with Gasteiger partial charge in [-0.2, -0.15) is 0 Å². The van der Waals surface area contributed by atoms with Gasteiger partial charge in [0.25, 0.3) is 0 Å². The Bertz CT molecular complexity index is 1570. The van der Waals surface area contributed by atoms with E-state index in [4.69, 9.17) is 28.5 Å². The van der Waals surface area contributed by atoms with Gasteiger partial charge in [0, 0.05) is 43.9 Å². The number of carbonyl (C=O) groups excluding carboxylic acids is 2. The lowest BCUT2D eigenvalue weighted by Crippen LogP contribution is -2.63. The van der Waals surface area contributed by atoms with Crippen molar-refractivity contribution >= 4 is 28.9 Å². The number of rotatable bonds is 12. The van der Waals surface area contributed by atoms with Crippen molar-refractivity contribution in [1.29, 1.82) is 0 Å². The van der Waals surface area contributed by atoms with Gasteiger partial charge < -0.3 is 53.5 Å². The highest BCUT2D eigenvalue weighted by Gasteiger charge is 2.48. The molecule has 298 valence electrons. The zero-order valence-electron chi connectivity index (χ0n) is 32.1. The number of pyridine rings is 1. The molecule has 1 saturated heterocycles. The monoisotopic (exact) mass is 755 g/mol. The maximum absolute atomic E-state index is 12.9. The molecule has 0 amide bonds. The van der Waals surface area contributed by atoms with Crippen molar-refractivity contribution < 1.29 is 53.4 Å². The number of esters is 1. The van der Waals surface area contributed by atoms with Gasteiger partial charge in [-0.25, -0.2) is 0 Å². The number of methoxy groups -OCH3 is 1. The Balaban J connectivity index is 1.56. The smallest absolute Gasteiger partial charge is 0.308 e. The minimum Gasteiger partial charge on any atom is -0.493 e. The van der Waals surface area contributed by atoms with Crippen molar-refractivity contribution in [1.82, 2.24) is 9.88 Å². The fourth-order valence-corrected chi connectivity index (χ4v) is 6.89.